The number of aromatic nitrogens is 4. The zero-order valence-corrected chi connectivity index (χ0v) is 19.7. The molecule has 5 aromatic rings. The fraction of sp³-hybridized carbons (Fsp3) is 0.0690. The molecule has 8 heteroatoms. The minimum atomic E-state index is -0.884. The van der Waals surface area contributed by atoms with Gasteiger partial charge in [0.05, 0.1) is 12.1 Å². The van der Waals surface area contributed by atoms with Gasteiger partial charge in [-0.1, -0.05) is 91.0 Å². The van der Waals surface area contributed by atoms with Gasteiger partial charge in [-0.15, -0.1) is 15.0 Å². The Balaban J connectivity index is 1.54. The Morgan fingerprint density at radius 3 is 1.84 bits per heavy atom. The number of imide groups is 1. The number of urea groups is 1. The maximum absolute atomic E-state index is 12.3. The molecule has 0 spiro atoms. The molecule has 0 saturated heterocycles. The first kappa shape index (κ1) is 22.4. The summed E-state index contributed by atoms with van der Waals surface area (Å²) in [5, 5.41) is 13.9. The van der Waals surface area contributed by atoms with E-state index in [1.165, 1.54) is 0 Å². The van der Waals surface area contributed by atoms with Gasteiger partial charge in [-0.25, -0.2) is 9.69 Å². The average Bonchev–Trinajstić information content (AvgIpc) is 3.55. The number of anilines is 1. The SMILES string of the molecule is NC(=O)N1C(=O)Cc2cc(-c3nnn(C(c4ccccc4)(c4ccccc4)c4ccccc4)n3)ccc21. The van der Waals surface area contributed by atoms with E-state index in [1.807, 2.05) is 60.7 Å². The van der Waals surface area contributed by atoms with Crippen LogP contribution in [0.4, 0.5) is 10.5 Å². The van der Waals surface area contributed by atoms with Crippen molar-refractivity contribution in [3.63, 3.8) is 0 Å². The van der Waals surface area contributed by atoms with Crippen molar-refractivity contribution in [3.8, 4) is 11.4 Å². The Labute approximate surface area is 213 Å². The van der Waals surface area contributed by atoms with Crippen LogP contribution in [0.1, 0.15) is 22.3 Å². The Morgan fingerprint density at radius 1 is 0.784 bits per heavy atom. The average molecular weight is 487 g/mol. The van der Waals surface area contributed by atoms with Crippen molar-refractivity contribution in [2.75, 3.05) is 4.90 Å². The number of nitrogens with zero attached hydrogens (tertiary/aromatic N) is 5. The lowest BCUT2D eigenvalue weighted by molar-refractivity contribution is -0.116. The molecule has 0 fully saturated rings. The van der Waals surface area contributed by atoms with Crippen molar-refractivity contribution in [3.05, 3.63) is 131 Å². The third kappa shape index (κ3) is 3.58. The van der Waals surface area contributed by atoms with Gasteiger partial charge in [-0.05, 0) is 45.7 Å². The van der Waals surface area contributed by atoms with Gasteiger partial charge in [-0.2, -0.15) is 0 Å². The van der Waals surface area contributed by atoms with Gasteiger partial charge in [-0.3, -0.25) is 4.79 Å². The maximum Gasteiger partial charge on any atom is 0.326 e. The predicted octanol–water partition coefficient (Wildman–Crippen LogP) is 4.15. The summed E-state index contributed by atoms with van der Waals surface area (Å²) in [7, 11) is 0. The molecule has 0 bridgehead atoms. The molecule has 3 amide bonds. The third-order valence-electron chi connectivity index (χ3n) is 6.68. The Bertz CT molecular complexity index is 1500. The monoisotopic (exact) mass is 486 g/mol. The Kier molecular flexibility index (Phi) is 5.34. The van der Waals surface area contributed by atoms with Crippen LogP contribution in [-0.4, -0.2) is 32.1 Å². The van der Waals surface area contributed by atoms with E-state index in [9.17, 15) is 9.59 Å². The summed E-state index contributed by atoms with van der Waals surface area (Å²) in [4.78, 5) is 26.7. The number of hydrogen-bond acceptors (Lipinski definition) is 5. The third-order valence-corrected chi connectivity index (χ3v) is 6.68. The lowest BCUT2D eigenvalue weighted by atomic mass is 9.77. The first-order valence-corrected chi connectivity index (χ1v) is 11.8. The zero-order chi connectivity index (χ0) is 25.4. The van der Waals surface area contributed by atoms with Crippen molar-refractivity contribution in [1.29, 1.82) is 0 Å². The van der Waals surface area contributed by atoms with Gasteiger partial charge in [0.2, 0.25) is 11.7 Å². The molecular formula is C29H22N6O2. The lowest BCUT2D eigenvalue weighted by Crippen LogP contribution is -2.39. The fourth-order valence-corrected chi connectivity index (χ4v) is 5.06. The highest BCUT2D eigenvalue weighted by Gasteiger charge is 2.41. The molecule has 1 aliphatic rings. The molecule has 2 N–H and O–H groups in total. The number of fused-ring (bicyclic) bond motifs is 1. The number of hydrogen-bond donors (Lipinski definition) is 1. The number of rotatable bonds is 5. The first-order valence-electron chi connectivity index (χ1n) is 11.8. The molecule has 1 aliphatic heterocycles. The van der Waals surface area contributed by atoms with Crippen LogP contribution in [0, 0.1) is 0 Å². The van der Waals surface area contributed by atoms with Gasteiger partial charge in [0.25, 0.3) is 0 Å². The molecule has 37 heavy (non-hydrogen) atoms. The molecule has 6 rings (SSSR count). The van der Waals surface area contributed by atoms with Crippen LogP contribution in [-0.2, 0) is 16.8 Å². The number of tetrazole rings is 1. The molecule has 4 aromatic carbocycles. The van der Waals surface area contributed by atoms with Crippen molar-refractivity contribution >= 4 is 17.6 Å². The molecule has 2 heterocycles. The second-order valence-corrected chi connectivity index (χ2v) is 8.80. The molecule has 0 radical (unpaired) electrons. The largest absolute Gasteiger partial charge is 0.351 e. The molecule has 0 unspecified atom stereocenters. The Morgan fingerprint density at radius 2 is 1.32 bits per heavy atom. The van der Waals surface area contributed by atoms with E-state index in [-0.39, 0.29) is 12.3 Å². The summed E-state index contributed by atoms with van der Waals surface area (Å²) in [6.45, 7) is 0. The number of amides is 3. The minimum absolute atomic E-state index is 0.0855. The summed E-state index contributed by atoms with van der Waals surface area (Å²) >= 11 is 0. The normalized spacial score (nSPS) is 13.0. The van der Waals surface area contributed by atoms with Gasteiger partial charge in [0, 0.05) is 5.56 Å². The van der Waals surface area contributed by atoms with E-state index in [1.54, 1.807) is 16.9 Å². The summed E-state index contributed by atoms with van der Waals surface area (Å²) < 4.78 is 0. The van der Waals surface area contributed by atoms with E-state index in [0.29, 0.717) is 22.6 Å². The quantitative estimate of drug-likeness (QED) is 0.376. The van der Waals surface area contributed by atoms with Crippen LogP contribution in [0.3, 0.4) is 0 Å². The topological polar surface area (TPSA) is 107 Å². The van der Waals surface area contributed by atoms with Gasteiger partial charge >= 0.3 is 6.03 Å². The summed E-state index contributed by atoms with van der Waals surface area (Å²) in [6, 6.07) is 34.7. The van der Waals surface area contributed by atoms with E-state index >= 15 is 0 Å². The standard InChI is InChI=1S/C29H22N6O2/c30-28(37)34-25-17-16-20(18-21(25)19-26(34)36)27-31-33-35(32-27)29(22-10-4-1-5-11-22,23-12-6-2-7-13-23)24-14-8-3-9-15-24/h1-18H,19H2,(H2,30,37). The highest BCUT2D eigenvalue weighted by Crippen LogP contribution is 2.40. The lowest BCUT2D eigenvalue weighted by Gasteiger charge is -2.34. The molecule has 8 nitrogen and oxygen atoms in total. The number of nitrogens with two attached hydrogens (primary N) is 1. The van der Waals surface area contributed by atoms with E-state index in [2.05, 4.69) is 46.7 Å². The van der Waals surface area contributed by atoms with Crippen LogP contribution in [0.15, 0.2) is 109 Å². The predicted molar refractivity (Wildman–Crippen MR) is 139 cm³/mol. The van der Waals surface area contributed by atoms with Crippen molar-refractivity contribution < 1.29 is 9.59 Å². The summed E-state index contributed by atoms with van der Waals surface area (Å²) in [6.07, 6.45) is 0.0855. The number of primary amides is 1. The zero-order valence-electron chi connectivity index (χ0n) is 19.7. The van der Waals surface area contributed by atoms with Gasteiger partial charge < -0.3 is 5.73 Å². The Hall–Kier alpha value is -5.11. The molecule has 0 atom stereocenters. The highest BCUT2D eigenvalue weighted by atomic mass is 16.2. The van der Waals surface area contributed by atoms with Crippen LogP contribution in [0.5, 0.6) is 0 Å². The minimum Gasteiger partial charge on any atom is -0.351 e. The van der Waals surface area contributed by atoms with Crippen molar-refractivity contribution in [2.24, 2.45) is 5.73 Å². The first-order chi connectivity index (χ1) is 18.1. The van der Waals surface area contributed by atoms with Crippen molar-refractivity contribution in [2.45, 2.75) is 12.0 Å². The van der Waals surface area contributed by atoms with Crippen LogP contribution in [0.25, 0.3) is 11.4 Å². The van der Waals surface area contributed by atoms with E-state index < -0.39 is 11.6 Å². The van der Waals surface area contributed by atoms with Crippen LogP contribution in [0.2, 0.25) is 0 Å². The highest BCUT2D eigenvalue weighted by molar-refractivity contribution is 6.18. The number of carbonyl (C=O) groups is 2. The van der Waals surface area contributed by atoms with Gasteiger partial charge in [0.1, 0.15) is 0 Å². The summed E-state index contributed by atoms with van der Waals surface area (Å²) in [5.41, 5.74) is 9.32. The van der Waals surface area contributed by atoms with Crippen LogP contribution >= 0.6 is 0 Å². The molecule has 180 valence electrons. The second kappa shape index (κ2) is 8.83. The van der Waals surface area contributed by atoms with Crippen molar-refractivity contribution in [1.82, 2.24) is 20.2 Å². The van der Waals surface area contributed by atoms with Crippen LogP contribution < -0.4 is 10.6 Å². The van der Waals surface area contributed by atoms with Gasteiger partial charge in [0.15, 0.2) is 5.54 Å². The summed E-state index contributed by atoms with van der Waals surface area (Å²) in [5.74, 6) is 0.0486. The number of carbonyl (C=O) groups excluding carboxylic acids is 2. The maximum atomic E-state index is 12.3. The second-order valence-electron chi connectivity index (χ2n) is 8.80. The van der Waals surface area contributed by atoms with E-state index in [0.717, 1.165) is 21.6 Å². The molecule has 0 saturated carbocycles. The smallest absolute Gasteiger partial charge is 0.326 e. The molecular weight excluding hydrogens is 464 g/mol. The molecule has 0 aliphatic carbocycles. The fourth-order valence-electron chi connectivity index (χ4n) is 5.06. The van der Waals surface area contributed by atoms with E-state index in [4.69, 9.17) is 10.8 Å². The number of benzene rings is 4. The molecule has 1 aromatic heterocycles.